The van der Waals surface area contributed by atoms with Crippen molar-refractivity contribution in [2.45, 2.75) is 27.2 Å². The van der Waals surface area contributed by atoms with Crippen LogP contribution in [0.15, 0.2) is 0 Å². The Morgan fingerprint density at radius 3 is 2.27 bits per heavy atom. The van der Waals surface area contributed by atoms with Crippen molar-refractivity contribution in [2.75, 3.05) is 19.8 Å². The number of esters is 1. The molecule has 0 aromatic heterocycles. The molecule has 15 heavy (non-hydrogen) atoms. The Kier molecular flexibility index (Phi) is 7.85. The summed E-state index contributed by atoms with van der Waals surface area (Å²) < 4.78 is 4.74. The van der Waals surface area contributed by atoms with Crippen LogP contribution in [0.2, 0.25) is 0 Å². The molecule has 0 amide bonds. The standard InChI is InChI=1S/C10H18O5/c1-4-13-10(12)6-9(8(3)11)7-15-14-5-2/h9H,4-7H2,1-3H3. The minimum Gasteiger partial charge on any atom is -0.466 e. The number of Topliss-reactive ketones (excluding diaryl/α,β-unsaturated/α-hetero) is 1. The van der Waals surface area contributed by atoms with Gasteiger partial charge in [-0.3, -0.25) is 9.59 Å². The number of rotatable bonds is 8. The number of carbonyl (C=O) groups is 2. The van der Waals surface area contributed by atoms with Crippen LogP contribution in [-0.4, -0.2) is 31.6 Å². The molecule has 0 spiro atoms. The lowest BCUT2D eigenvalue weighted by atomic mass is 10.0. The second-order valence-corrected chi connectivity index (χ2v) is 3.01. The van der Waals surface area contributed by atoms with Gasteiger partial charge >= 0.3 is 5.97 Å². The van der Waals surface area contributed by atoms with E-state index in [1.54, 1.807) is 13.8 Å². The Hall–Kier alpha value is -0.940. The molecule has 0 fully saturated rings. The van der Waals surface area contributed by atoms with Crippen molar-refractivity contribution in [3.8, 4) is 0 Å². The molecule has 88 valence electrons. The Balaban J connectivity index is 3.93. The molecule has 0 heterocycles. The molecule has 1 atom stereocenters. The van der Waals surface area contributed by atoms with Crippen molar-refractivity contribution in [1.29, 1.82) is 0 Å². The normalized spacial score (nSPS) is 12.2. The summed E-state index contributed by atoms with van der Waals surface area (Å²) >= 11 is 0. The second-order valence-electron chi connectivity index (χ2n) is 3.01. The van der Waals surface area contributed by atoms with Gasteiger partial charge in [-0.2, -0.15) is 0 Å². The lowest BCUT2D eigenvalue weighted by Gasteiger charge is -2.11. The Bertz CT molecular complexity index is 202. The van der Waals surface area contributed by atoms with E-state index >= 15 is 0 Å². The minimum atomic E-state index is -0.490. The highest BCUT2D eigenvalue weighted by Crippen LogP contribution is 2.07. The zero-order valence-electron chi connectivity index (χ0n) is 9.45. The first-order valence-electron chi connectivity index (χ1n) is 5.02. The molecule has 0 aliphatic carbocycles. The Morgan fingerprint density at radius 2 is 1.80 bits per heavy atom. The third kappa shape index (κ3) is 7.04. The number of ketones is 1. The fraction of sp³-hybridized carbons (Fsp3) is 0.800. The largest absolute Gasteiger partial charge is 0.466 e. The Morgan fingerprint density at radius 1 is 1.13 bits per heavy atom. The van der Waals surface area contributed by atoms with Gasteiger partial charge in [-0.15, -0.1) is 0 Å². The van der Waals surface area contributed by atoms with Crippen molar-refractivity contribution >= 4 is 11.8 Å². The van der Waals surface area contributed by atoms with E-state index in [-0.39, 0.29) is 18.8 Å². The fourth-order valence-corrected chi connectivity index (χ4v) is 0.955. The predicted octanol–water partition coefficient (Wildman–Crippen LogP) is 1.11. The molecule has 0 N–H and O–H groups in total. The first kappa shape index (κ1) is 14.1. The van der Waals surface area contributed by atoms with Gasteiger partial charge in [0, 0.05) is 0 Å². The molecule has 0 aromatic rings. The molecule has 0 aromatic carbocycles. The lowest BCUT2D eigenvalue weighted by Crippen LogP contribution is -2.22. The summed E-state index contributed by atoms with van der Waals surface area (Å²) in [6, 6.07) is 0. The van der Waals surface area contributed by atoms with Gasteiger partial charge in [0.2, 0.25) is 0 Å². The van der Waals surface area contributed by atoms with E-state index in [2.05, 4.69) is 4.89 Å². The molecular formula is C10H18O5. The number of carbonyl (C=O) groups excluding carboxylic acids is 2. The molecule has 0 radical (unpaired) electrons. The molecule has 0 saturated carbocycles. The van der Waals surface area contributed by atoms with Crippen molar-refractivity contribution in [1.82, 2.24) is 0 Å². The molecular weight excluding hydrogens is 200 g/mol. The summed E-state index contributed by atoms with van der Waals surface area (Å²) in [6.45, 7) is 5.71. The van der Waals surface area contributed by atoms with Gasteiger partial charge < -0.3 is 4.74 Å². The number of hydrogen-bond donors (Lipinski definition) is 0. The molecule has 0 rings (SSSR count). The first-order valence-corrected chi connectivity index (χ1v) is 5.02. The quantitative estimate of drug-likeness (QED) is 0.264. The van der Waals surface area contributed by atoms with E-state index in [0.717, 1.165) is 0 Å². The van der Waals surface area contributed by atoms with Crippen LogP contribution in [-0.2, 0) is 24.1 Å². The van der Waals surface area contributed by atoms with Crippen LogP contribution in [0.25, 0.3) is 0 Å². The van der Waals surface area contributed by atoms with Gasteiger partial charge in [-0.05, 0) is 20.8 Å². The van der Waals surface area contributed by atoms with Crippen LogP contribution in [0.1, 0.15) is 27.2 Å². The zero-order chi connectivity index (χ0) is 11.7. The molecule has 0 bridgehead atoms. The SMILES string of the molecule is CCOOCC(CC(=O)OCC)C(C)=O. The van der Waals surface area contributed by atoms with E-state index in [1.165, 1.54) is 6.92 Å². The first-order chi connectivity index (χ1) is 7.11. The molecule has 5 nitrogen and oxygen atoms in total. The van der Waals surface area contributed by atoms with Crippen molar-refractivity contribution in [3.05, 3.63) is 0 Å². The third-order valence-electron chi connectivity index (χ3n) is 1.76. The van der Waals surface area contributed by atoms with Crippen molar-refractivity contribution in [2.24, 2.45) is 5.92 Å². The maximum Gasteiger partial charge on any atom is 0.306 e. The van der Waals surface area contributed by atoms with E-state index in [0.29, 0.717) is 13.2 Å². The Labute approximate surface area is 89.6 Å². The highest BCUT2D eigenvalue weighted by molar-refractivity contribution is 5.83. The molecule has 0 aliphatic heterocycles. The topological polar surface area (TPSA) is 61.8 Å². The van der Waals surface area contributed by atoms with Crippen LogP contribution in [0.4, 0.5) is 0 Å². The van der Waals surface area contributed by atoms with Gasteiger partial charge in [0.25, 0.3) is 0 Å². The maximum atomic E-state index is 11.1. The summed E-state index contributed by atoms with van der Waals surface area (Å²) in [7, 11) is 0. The van der Waals surface area contributed by atoms with E-state index in [9.17, 15) is 9.59 Å². The fourth-order valence-electron chi connectivity index (χ4n) is 0.955. The highest BCUT2D eigenvalue weighted by Gasteiger charge is 2.19. The van der Waals surface area contributed by atoms with Crippen molar-refractivity contribution < 1.29 is 24.1 Å². The van der Waals surface area contributed by atoms with Gasteiger partial charge in [0.05, 0.1) is 32.2 Å². The van der Waals surface area contributed by atoms with Crippen molar-refractivity contribution in [3.63, 3.8) is 0 Å². The van der Waals surface area contributed by atoms with E-state index in [4.69, 9.17) is 9.62 Å². The predicted molar refractivity (Wildman–Crippen MR) is 53.0 cm³/mol. The zero-order valence-corrected chi connectivity index (χ0v) is 9.45. The number of ether oxygens (including phenoxy) is 1. The monoisotopic (exact) mass is 218 g/mol. The van der Waals surface area contributed by atoms with Gasteiger partial charge in [-0.25, -0.2) is 9.78 Å². The average Bonchev–Trinajstić information content (AvgIpc) is 2.16. The van der Waals surface area contributed by atoms with Gasteiger partial charge in [0.1, 0.15) is 5.78 Å². The van der Waals surface area contributed by atoms with Gasteiger partial charge in [0.15, 0.2) is 0 Å². The summed E-state index contributed by atoms with van der Waals surface area (Å²) in [5.74, 6) is -0.990. The summed E-state index contributed by atoms with van der Waals surface area (Å²) in [6.07, 6.45) is 0.0379. The van der Waals surface area contributed by atoms with E-state index < -0.39 is 11.9 Å². The third-order valence-corrected chi connectivity index (χ3v) is 1.76. The molecule has 5 heteroatoms. The average molecular weight is 218 g/mol. The summed E-state index contributed by atoms with van der Waals surface area (Å²) in [5.41, 5.74) is 0. The highest BCUT2D eigenvalue weighted by atomic mass is 17.2. The second kappa shape index (κ2) is 8.38. The van der Waals surface area contributed by atoms with Crippen LogP contribution in [0, 0.1) is 5.92 Å². The maximum absolute atomic E-state index is 11.1. The van der Waals surface area contributed by atoms with Gasteiger partial charge in [-0.1, -0.05) is 0 Å². The van der Waals surface area contributed by atoms with Crippen LogP contribution in [0.5, 0.6) is 0 Å². The van der Waals surface area contributed by atoms with E-state index in [1.807, 2.05) is 0 Å². The number of hydrogen-bond acceptors (Lipinski definition) is 5. The summed E-state index contributed by atoms with van der Waals surface area (Å²) in [4.78, 5) is 31.7. The molecule has 0 aliphatic rings. The van der Waals surface area contributed by atoms with Crippen LogP contribution >= 0.6 is 0 Å². The summed E-state index contributed by atoms with van der Waals surface area (Å²) in [5, 5.41) is 0. The van der Waals surface area contributed by atoms with Crippen LogP contribution < -0.4 is 0 Å². The molecule has 1 unspecified atom stereocenters. The molecule has 0 saturated heterocycles. The van der Waals surface area contributed by atoms with Crippen LogP contribution in [0.3, 0.4) is 0 Å². The smallest absolute Gasteiger partial charge is 0.306 e. The lowest BCUT2D eigenvalue weighted by molar-refractivity contribution is -0.296. The minimum absolute atomic E-state index is 0.0379.